The zero-order chi connectivity index (χ0) is 16.5. The van der Waals surface area contributed by atoms with E-state index in [4.69, 9.17) is 11.6 Å². The summed E-state index contributed by atoms with van der Waals surface area (Å²) >= 11 is 5.78. The summed E-state index contributed by atoms with van der Waals surface area (Å²) in [4.78, 5) is 0.106. The fraction of sp³-hybridized carbons (Fsp3) is 0.571. The van der Waals surface area contributed by atoms with E-state index >= 15 is 0 Å². The number of hydrogen-bond acceptors (Lipinski definition) is 5. The van der Waals surface area contributed by atoms with E-state index in [-0.39, 0.29) is 22.4 Å². The summed E-state index contributed by atoms with van der Waals surface area (Å²) in [5.41, 5.74) is 0. The Kier molecular flexibility index (Phi) is 5.21. The van der Waals surface area contributed by atoms with Crippen LogP contribution < -0.4 is 5.32 Å². The highest BCUT2D eigenvalue weighted by Gasteiger charge is 2.45. The summed E-state index contributed by atoms with van der Waals surface area (Å²) in [6.45, 7) is 3.88. The van der Waals surface area contributed by atoms with Gasteiger partial charge in [-0.2, -0.15) is 0 Å². The van der Waals surface area contributed by atoms with Crippen LogP contribution in [0.3, 0.4) is 0 Å². The quantitative estimate of drug-likeness (QED) is 0.858. The van der Waals surface area contributed by atoms with Gasteiger partial charge < -0.3 is 5.32 Å². The van der Waals surface area contributed by atoms with Gasteiger partial charge in [-0.05, 0) is 37.6 Å². The van der Waals surface area contributed by atoms with Crippen LogP contribution in [-0.2, 0) is 19.7 Å². The Morgan fingerprint density at radius 1 is 1.27 bits per heavy atom. The first-order chi connectivity index (χ1) is 10.2. The molecule has 2 rings (SSSR count). The first kappa shape index (κ1) is 17.7. The van der Waals surface area contributed by atoms with Crippen LogP contribution in [0.5, 0.6) is 0 Å². The molecule has 1 aliphatic heterocycles. The van der Waals surface area contributed by atoms with E-state index < -0.39 is 31.0 Å². The maximum atomic E-state index is 12.8. The average molecular weight is 366 g/mol. The van der Waals surface area contributed by atoms with Crippen molar-refractivity contribution in [1.82, 2.24) is 5.32 Å². The number of sulfone groups is 2. The van der Waals surface area contributed by atoms with Crippen molar-refractivity contribution in [1.29, 1.82) is 0 Å². The Morgan fingerprint density at radius 2 is 1.86 bits per heavy atom. The van der Waals surface area contributed by atoms with Gasteiger partial charge in [-0.15, -0.1) is 0 Å². The van der Waals surface area contributed by atoms with Crippen molar-refractivity contribution in [3.63, 3.8) is 0 Å². The van der Waals surface area contributed by atoms with Gasteiger partial charge in [-0.25, -0.2) is 16.8 Å². The Balaban J connectivity index is 2.36. The van der Waals surface area contributed by atoms with E-state index in [1.54, 1.807) is 0 Å². The second-order valence-electron chi connectivity index (χ2n) is 5.70. The van der Waals surface area contributed by atoms with Gasteiger partial charge in [0.1, 0.15) is 0 Å². The minimum absolute atomic E-state index is 0.0567. The molecule has 8 heteroatoms. The average Bonchev–Trinajstić information content (AvgIpc) is 2.74. The molecule has 0 aliphatic carbocycles. The van der Waals surface area contributed by atoms with Gasteiger partial charge >= 0.3 is 0 Å². The van der Waals surface area contributed by atoms with Gasteiger partial charge in [0.2, 0.25) is 0 Å². The Labute approximate surface area is 136 Å². The fourth-order valence-electron chi connectivity index (χ4n) is 2.56. The maximum absolute atomic E-state index is 12.8. The van der Waals surface area contributed by atoms with E-state index in [9.17, 15) is 16.8 Å². The molecule has 0 radical (unpaired) electrons. The third-order valence-corrected chi connectivity index (χ3v) is 8.37. The molecule has 0 saturated carbocycles. The van der Waals surface area contributed by atoms with Crippen LogP contribution in [0.25, 0.3) is 0 Å². The lowest BCUT2D eigenvalue weighted by Crippen LogP contribution is -2.46. The molecule has 1 heterocycles. The first-order valence-electron chi connectivity index (χ1n) is 7.11. The molecular formula is C14H20ClNO4S2. The van der Waals surface area contributed by atoms with Gasteiger partial charge in [0.25, 0.3) is 0 Å². The number of hydrogen-bond donors (Lipinski definition) is 1. The van der Waals surface area contributed by atoms with Crippen LogP contribution in [0.1, 0.15) is 20.3 Å². The molecule has 0 unspecified atom stereocenters. The second kappa shape index (κ2) is 6.47. The molecule has 1 saturated heterocycles. The molecule has 3 atom stereocenters. The zero-order valence-corrected chi connectivity index (χ0v) is 14.9. The van der Waals surface area contributed by atoms with Crippen LogP contribution in [0, 0.1) is 0 Å². The minimum Gasteiger partial charge on any atom is -0.309 e. The predicted octanol–water partition coefficient (Wildman–Crippen LogP) is 1.67. The molecule has 1 fully saturated rings. The largest absolute Gasteiger partial charge is 0.309 e. The Bertz CT molecular complexity index is 729. The predicted molar refractivity (Wildman–Crippen MR) is 87.8 cm³/mol. The van der Waals surface area contributed by atoms with E-state index in [1.807, 2.05) is 13.8 Å². The third-order valence-electron chi connectivity index (χ3n) is 3.95. The zero-order valence-electron chi connectivity index (χ0n) is 12.5. The van der Waals surface area contributed by atoms with E-state index in [0.29, 0.717) is 5.02 Å². The van der Waals surface area contributed by atoms with E-state index in [2.05, 4.69) is 5.32 Å². The molecule has 22 heavy (non-hydrogen) atoms. The monoisotopic (exact) mass is 365 g/mol. The van der Waals surface area contributed by atoms with Gasteiger partial charge in [0, 0.05) is 17.1 Å². The number of nitrogens with one attached hydrogen (secondary N) is 1. The smallest absolute Gasteiger partial charge is 0.183 e. The van der Waals surface area contributed by atoms with Crippen molar-refractivity contribution in [2.75, 3.05) is 11.5 Å². The summed E-state index contributed by atoms with van der Waals surface area (Å²) in [6, 6.07) is 5.30. The molecule has 0 amide bonds. The van der Waals surface area contributed by atoms with Crippen molar-refractivity contribution in [3.8, 4) is 0 Å². The lowest BCUT2D eigenvalue weighted by atomic mass is 10.2. The van der Waals surface area contributed by atoms with Gasteiger partial charge in [0.15, 0.2) is 19.7 Å². The molecule has 1 N–H and O–H groups in total. The SMILES string of the molecule is CC[C@@H](C)N[C@H]1CS(=O)(=O)C[C@@H]1S(=O)(=O)c1ccc(Cl)cc1. The summed E-state index contributed by atoms with van der Waals surface area (Å²) in [5.74, 6) is -0.485. The molecule has 1 aromatic rings. The molecule has 124 valence electrons. The van der Waals surface area contributed by atoms with Crippen LogP contribution in [-0.4, -0.2) is 45.7 Å². The molecule has 0 aromatic heterocycles. The molecule has 1 aliphatic rings. The van der Waals surface area contributed by atoms with Crippen molar-refractivity contribution >= 4 is 31.3 Å². The van der Waals surface area contributed by atoms with Gasteiger partial charge in [-0.3, -0.25) is 0 Å². The normalized spacial score (nSPS) is 26.0. The fourth-order valence-corrected chi connectivity index (χ4v) is 7.36. The highest BCUT2D eigenvalue weighted by atomic mass is 35.5. The lowest BCUT2D eigenvalue weighted by Gasteiger charge is -2.23. The number of halogens is 1. The lowest BCUT2D eigenvalue weighted by molar-refractivity contribution is 0.456. The van der Waals surface area contributed by atoms with Crippen LogP contribution in [0.4, 0.5) is 0 Å². The van der Waals surface area contributed by atoms with E-state index in [1.165, 1.54) is 24.3 Å². The minimum atomic E-state index is -3.73. The summed E-state index contributed by atoms with van der Waals surface area (Å²) in [5, 5.41) is 2.61. The topological polar surface area (TPSA) is 80.3 Å². The molecular weight excluding hydrogens is 346 g/mol. The highest BCUT2D eigenvalue weighted by molar-refractivity contribution is 7.96. The van der Waals surface area contributed by atoms with Crippen molar-refractivity contribution in [3.05, 3.63) is 29.3 Å². The summed E-state index contributed by atoms with van der Waals surface area (Å²) < 4.78 is 49.4. The Hall–Kier alpha value is -0.630. The van der Waals surface area contributed by atoms with Crippen molar-refractivity contribution in [2.45, 2.75) is 42.5 Å². The van der Waals surface area contributed by atoms with Gasteiger partial charge in [0.05, 0.1) is 21.7 Å². The number of benzene rings is 1. The Morgan fingerprint density at radius 3 is 2.41 bits per heavy atom. The summed E-state index contributed by atoms with van der Waals surface area (Å²) in [7, 11) is -7.10. The van der Waals surface area contributed by atoms with Crippen LogP contribution in [0.2, 0.25) is 5.02 Å². The van der Waals surface area contributed by atoms with Gasteiger partial charge in [-0.1, -0.05) is 18.5 Å². The standard InChI is InChI=1S/C14H20ClNO4S2/c1-3-10(2)16-13-8-21(17,18)9-14(13)22(19,20)12-6-4-11(15)5-7-12/h4-7,10,13-14,16H,3,8-9H2,1-2H3/t10-,13+,14+/m1/s1. The third kappa shape index (κ3) is 3.82. The van der Waals surface area contributed by atoms with E-state index in [0.717, 1.165) is 6.42 Å². The van der Waals surface area contributed by atoms with Crippen LogP contribution >= 0.6 is 11.6 Å². The van der Waals surface area contributed by atoms with Crippen LogP contribution in [0.15, 0.2) is 29.2 Å². The molecule has 0 spiro atoms. The first-order valence-corrected chi connectivity index (χ1v) is 10.9. The second-order valence-corrected chi connectivity index (χ2v) is 10.5. The molecule has 1 aromatic carbocycles. The molecule has 0 bridgehead atoms. The maximum Gasteiger partial charge on any atom is 0.183 e. The highest BCUT2D eigenvalue weighted by Crippen LogP contribution is 2.27. The van der Waals surface area contributed by atoms with Crippen molar-refractivity contribution < 1.29 is 16.8 Å². The summed E-state index contributed by atoms with van der Waals surface area (Å²) in [6.07, 6.45) is 0.796. The number of rotatable bonds is 5. The van der Waals surface area contributed by atoms with Crippen molar-refractivity contribution in [2.24, 2.45) is 0 Å². The molecule has 5 nitrogen and oxygen atoms in total.